The number of halogens is 1. The lowest BCUT2D eigenvalue weighted by Gasteiger charge is -2.23. The van der Waals surface area contributed by atoms with Crippen molar-refractivity contribution in [2.24, 2.45) is 0 Å². The van der Waals surface area contributed by atoms with Crippen LogP contribution in [0.25, 0.3) is 0 Å². The van der Waals surface area contributed by atoms with Crippen molar-refractivity contribution in [3.63, 3.8) is 0 Å². The zero-order valence-corrected chi connectivity index (χ0v) is 16.7. The van der Waals surface area contributed by atoms with E-state index in [0.29, 0.717) is 30.1 Å². The van der Waals surface area contributed by atoms with Crippen molar-refractivity contribution in [1.82, 2.24) is 14.8 Å². The molecular formula is C19H22ClN3O3S. The number of benzene rings is 1. The van der Waals surface area contributed by atoms with Gasteiger partial charge in [0.2, 0.25) is 5.91 Å². The lowest BCUT2D eigenvalue weighted by atomic mass is 10.2. The van der Waals surface area contributed by atoms with Crippen LogP contribution < -0.4 is 0 Å². The van der Waals surface area contributed by atoms with Gasteiger partial charge in [-0.1, -0.05) is 23.7 Å². The molecule has 6 nitrogen and oxygen atoms in total. The minimum absolute atomic E-state index is 0.0260. The third-order valence-electron chi connectivity index (χ3n) is 4.60. The van der Waals surface area contributed by atoms with Crippen molar-refractivity contribution in [2.45, 2.75) is 24.4 Å². The van der Waals surface area contributed by atoms with E-state index in [1.54, 1.807) is 23.2 Å². The Kier molecular flexibility index (Phi) is 6.14. The molecule has 0 saturated carbocycles. The van der Waals surface area contributed by atoms with E-state index in [4.69, 9.17) is 11.6 Å². The quantitative estimate of drug-likeness (QED) is 0.761. The van der Waals surface area contributed by atoms with Gasteiger partial charge < -0.3 is 4.90 Å². The summed E-state index contributed by atoms with van der Waals surface area (Å²) in [6, 6.07) is 8.71. The van der Waals surface area contributed by atoms with Gasteiger partial charge in [-0.3, -0.25) is 14.7 Å². The summed E-state index contributed by atoms with van der Waals surface area (Å²) in [6.07, 6.45) is 5.13. The van der Waals surface area contributed by atoms with E-state index < -0.39 is 9.84 Å². The molecule has 0 radical (unpaired) electrons. The maximum absolute atomic E-state index is 12.6. The summed E-state index contributed by atoms with van der Waals surface area (Å²) in [6.45, 7) is 2.95. The number of sulfone groups is 1. The van der Waals surface area contributed by atoms with Crippen LogP contribution in [0.15, 0.2) is 47.6 Å². The van der Waals surface area contributed by atoms with Gasteiger partial charge in [-0.2, -0.15) is 0 Å². The zero-order chi connectivity index (χ0) is 19.4. The topological polar surface area (TPSA) is 70.6 Å². The molecule has 0 bridgehead atoms. The summed E-state index contributed by atoms with van der Waals surface area (Å²) < 4.78 is 24.2. The number of amides is 1. The van der Waals surface area contributed by atoms with Gasteiger partial charge in [-0.15, -0.1) is 0 Å². The predicted octanol–water partition coefficient (Wildman–Crippen LogP) is 2.37. The normalized spacial score (nSPS) is 16.4. The molecule has 144 valence electrons. The molecule has 1 aromatic heterocycles. The van der Waals surface area contributed by atoms with Gasteiger partial charge in [0.05, 0.1) is 4.90 Å². The number of carbonyl (C=O) groups is 1. The third-order valence-corrected chi connectivity index (χ3v) is 6.01. The van der Waals surface area contributed by atoms with Crippen LogP contribution in [0.2, 0.25) is 5.02 Å². The Bertz CT molecular complexity index is 919. The first kappa shape index (κ1) is 19.8. The Labute approximate surface area is 164 Å². The van der Waals surface area contributed by atoms with E-state index in [9.17, 15) is 13.2 Å². The highest BCUT2D eigenvalue weighted by molar-refractivity contribution is 7.90. The molecule has 0 spiro atoms. The number of carbonyl (C=O) groups excluding carboxylic acids is 1. The monoisotopic (exact) mass is 407 g/mol. The van der Waals surface area contributed by atoms with Gasteiger partial charge in [0, 0.05) is 62.8 Å². The van der Waals surface area contributed by atoms with Gasteiger partial charge >= 0.3 is 0 Å². The number of aromatic nitrogens is 1. The summed E-state index contributed by atoms with van der Waals surface area (Å²) >= 11 is 5.96. The van der Waals surface area contributed by atoms with Crippen molar-refractivity contribution in [3.8, 4) is 0 Å². The van der Waals surface area contributed by atoms with Crippen LogP contribution in [0.4, 0.5) is 0 Å². The molecule has 1 amide bonds. The molecule has 8 heteroatoms. The summed E-state index contributed by atoms with van der Waals surface area (Å²) in [5, 5.41) is 0.365. The Balaban J connectivity index is 1.72. The number of hydrogen-bond acceptors (Lipinski definition) is 5. The van der Waals surface area contributed by atoms with Crippen LogP contribution >= 0.6 is 11.6 Å². The molecule has 2 aromatic rings. The first-order valence-electron chi connectivity index (χ1n) is 8.70. The van der Waals surface area contributed by atoms with Gasteiger partial charge in [0.15, 0.2) is 9.84 Å². The maximum Gasteiger partial charge on any atom is 0.224 e. The molecule has 1 fully saturated rings. The second-order valence-electron chi connectivity index (χ2n) is 6.73. The molecule has 1 saturated heterocycles. The third kappa shape index (κ3) is 5.28. The fraction of sp³-hybridized carbons (Fsp3) is 0.368. The van der Waals surface area contributed by atoms with Crippen molar-refractivity contribution in [3.05, 3.63) is 58.9 Å². The van der Waals surface area contributed by atoms with Crippen LogP contribution in [-0.2, 0) is 27.7 Å². The van der Waals surface area contributed by atoms with Crippen LogP contribution in [0.1, 0.15) is 17.5 Å². The first-order valence-corrected chi connectivity index (χ1v) is 11.0. The SMILES string of the molecule is CS(=O)(=O)c1cc(Cl)ccc1CN1CCN(Cc2cccnc2)CCC1=O. The van der Waals surface area contributed by atoms with Gasteiger partial charge in [-0.05, 0) is 29.3 Å². The standard InChI is InChI=1S/C19H22ClN3O3S/c1-27(25,26)18-11-17(20)5-4-16(18)14-23-10-9-22(8-6-19(23)24)13-15-3-2-7-21-12-15/h2-5,7,11-12H,6,8-10,13-14H2,1H3. The fourth-order valence-electron chi connectivity index (χ4n) is 3.20. The number of nitrogens with zero attached hydrogens (tertiary/aromatic N) is 3. The minimum atomic E-state index is -3.42. The summed E-state index contributed by atoms with van der Waals surface area (Å²) in [7, 11) is -3.42. The lowest BCUT2D eigenvalue weighted by Crippen LogP contribution is -2.33. The van der Waals surface area contributed by atoms with Crippen LogP contribution in [0, 0.1) is 0 Å². The molecule has 2 heterocycles. The highest BCUT2D eigenvalue weighted by atomic mass is 35.5. The van der Waals surface area contributed by atoms with E-state index in [2.05, 4.69) is 9.88 Å². The van der Waals surface area contributed by atoms with E-state index >= 15 is 0 Å². The van der Waals surface area contributed by atoms with Crippen molar-refractivity contribution >= 4 is 27.3 Å². The molecule has 1 aliphatic heterocycles. The smallest absolute Gasteiger partial charge is 0.224 e. The maximum atomic E-state index is 12.6. The van der Waals surface area contributed by atoms with Crippen LogP contribution in [0.3, 0.4) is 0 Å². The van der Waals surface area contributed by atoms with Crippen molar-refractivity contribution in [2.75, 3.05) is 25.9 Å². The molecule has 27 heavy (non-hydrogen) atoms. The van der Waals surface area contributed by atoms with E-state index in [-0.39, 0.29) is 17.3 Å². The molecule has 1 aromatic carbocycles. The molecule has 0 aliphatic carbocycles. The van der Waals surface area contributed by atoms with Gasteiger partial charge in [-0.25, -0.2) is 8.42 Å². The number of pyridine rings is 1. The highest BCUT2D eigenvalue weighted by Crippen LogP contribution is 2.23. The summed E-state index contributed by atoms with van der Waals surface area (Å²) in [5.41, 5.74) is 1.70. The first-order chi connectivity index (χ1) is 12.8. The summed E-state index contributed by atoms with van der Waals surface area (Å²) in [5.74, 6) is 0.0260. The number of rotatable bonds is 5. The van der Waals surface area contributed by atoms with Gasteiger partial charge in [0.1, 0.15) is 0 Å². The Morgan fingerprint density at radius 1 is 1.15 bits per heavy atom. The van der Waals surface area contributed by atoms with E-state index in [1.807, 2.05) is 18.3 Å². The second kappa shape index (κ2) is 8.37. The van der Waals surface area contributed by atoms with Crippen molar-refractivity contribution < 1.29 is 13.2 Å². The molecule has 3 rings (SSSR count). The number of hydrogen-bond donors (Lipinski definition) is 0. The highest BCUT2D eigenvalue weighted by Gasteiger charge is 2.23. The lowest BCUT2D eigenvalue weighted by molar-refractivity contribution is -0.131. The van der Waals surface area contributed by atoms with E-state index in [1.165, 1.54) is 6.07 Å². The summed E-state index contributed by atoms with van der Waals surface area (Å²) in [4.78, 5) is 20.8. The Morgan fingerprint density at radius 2 is 1.96 bits per heavy atom. The fourth-order valence-corrected chi connectivity index (χ4v) is 4.38. The van der Waals surface area contributed by atoms with Crippen LogP contribution in [-0.4, -0.2) is 55.0 Å². The average Bonchev–Trinajstić information content (AvgIpc) is 2.79. The molecule has 0 atom stereocenters. The minimum Gasteiger partial charge on any atom is -0.337 e. The molecule has 1 aliphatic rings. The zero-order valence-electron chi connectivity index (χ0n) is 15.1. The van der Waals surface area contributed by atoms with Crippen molar-refractivity contribution in [1.29, 1.82) is 0 Å². The molecule has 0 N–H and O–H groups in total. The second-order valence-corrected chi connectivity index (χ2v) is 9.15. The largest absolute Gasteiger partial charge is 0.337 e. The average molecular weight is 408 g/mol. The van der Waals surface area contributed by atoms with Crippen LogP contribution in [0.5, 0.6) is 0 Å². The Morgan fingerprint density at radius 3 is 2.67 bits per heavy atom. The Hall–Kier alpha value is -1.96. The van der Waals surface area contributed by atoms with Gasteiger partial charge in [0.25, 0.3) is 0 Å². The molecular weight excluding hydrogens is 386 g/mol. The van der Waals surface area contributed by atoms with E-state index in [0.717, 1.165) is 24.9 Å². The predicted molar refractivity (Wildman–Crippen MR) is 104 cm³/mol. The molecule has 0 unspecified atom stereocenters.